The van der Waals surface area contributed by atoms with E-state index in [1.54, 1.807) is 0 Å². The second-order valence-corrected chi connectivity index (χ2v) is 3.25. The number of hydrogen-bond donors (Lipinski definition) is 0. The van der Waals surface area contributed by atoms with E-state index in [0.717, 1.165) is 0 Å². The fourth-order valence-corrected chi connectivity index (χ4v) is 1.26. The Morgan fingerprint density at radius 2 is 2.12 bits per heavy atom. The average molecular weight is 319 g/mol. The van der Waals surface area contributed by atoms with Crippen LogP contribution >= 0.6 is 15.9 Å². The highest BCUT2D eigenvalue weighted by atomic mass is 79.9. The van der Waals surface area contributed by atoms with E-state index in [9.17, 15) is 27.7 Å². The van der Waals surface area contributed by atoms with Crippen LogP contribution in [0.2, 0.25) is 0 Å². The van der Waals surface area contributed by atoms with E-state index in [4.69, 9.17) is 0 Å². The minimum Gasteiger partial charge on any atom is -0.398 e. The molecule has 0 aliphatic carbocycles. The van der Waals surface area contributed by atoms with E-state index in [0.29, 0.717) is 6.07 Å². The highest BCUT2D eigenvalue weighted by Gasteiger charge is 2.36. The van der Waals surface area contributed by atoms with Gasteiger partial charge in [-0.05, 0) is 0 Å². The molecular weight excluding hydrogens is 316 g/mol. The molecule has 1 rings (SSSR count). The van der Waals surface area contributed by atoms with Crippen LogP contribution < -0.4 is 4.74 Å². The molecule has 94 valence electrons. The number of nitro groups is 1. The lowest BCUT2D eigenvalue weighted by atomic mass is 10.3. The summed E-state index contributed by atoms with van der Waals surface area (Å²) in [4.78, 5) is 12.2. The maximum absolute atomic E-state index is 13.1. The zero-order valence-corrected chi connectivity index (χ0v) is 9.38. The molecule has 1 aromatic heterocycles. The van der Waals surface area contributed by atoms with E-state index >= 15 is 0 Å². The van der Waals surface area contributed by atoms with Gasteiger partial charge in [0.05, 0.1) is 10.6 Å². The molecule has 1 heterocycles. The molecule has 10 heteroatoms. The van der Waals surface area contributed by atoms with Crippen LogP contribution in [0.1, 0.15) is 5.69 Å². The number of pyridine rings is 1. The van der Waals surface area contributed by atoms with Crippen molar-refractivity contribution in [3.63, 3.8) is 0 Å². The minimum absolute atomic E-state index is 0.0733. The number of halogens is 5. The summed E-state index contributed by atoms with van der Waals surface area (Å²) < 4.78 is 52.3. The quantitative estimate of drug-likeness (QED) is 0.282. The number of ether oxygens (including phenoxy) is 1. The molecule has 0 atom stereocenters. The fraction of sp³-hybridized carbons (Fsp3) is 0.286. The van der Waals surface area contributed by atoms with Gasteiger partial charge in [-0.25, -0.2) is 4.98 Å². The molecule has 0 aliphatic rings. The van der Waals surface area contributed by atoms with Gasteiger partial charge in [0.1, 0.15) is 0 Å². The Balaban J connectivity index is 3.32. The summed E-state index contributed by atoms with van der Waals surface area (Å²) in [5, 5.41) is 10.3. The van der Waals surface area contributed by atoms with Crippen LogP contribution in [0.5, 0.6) is 5.75 Å². The van der Waals surface area contributed by atoms with Crippen molar-refractivity contribution in [2.75, 3.05) is 0 Å². The number of hydrogen-bond acceptors (Lipinski definition) is 4. The van der Waals surface area contributed by atoms with E-state index in [2.05, 4.69) is 25.7 Å². The Kier molecular flexibility index (Phi) is 3.86. The van der Waals surface area contributed by atoms with E-state index < -0.39 is 28.7 Å². The highest BCUT2D eigenvalue weighted by molar-refractivity contribution is 9.08. The third-order valence-corrected chi connectivity index (χ3v) is 2.09. The van der Waals surface area contributed by atoms with Crippen molar-refractivity contribution in [2.24, 2.45) is 0 Å². The lowest BCUT2D eigenvalue weighted by molar-refractivity contribution is -0.391. The first-order valence-corrected chi connectivity index (χ1v) is 5.02. The van der Waals surface area contributed by atoms with Crippen LogP contribution in [-0.2, 0) is 5.33 Å². The number of rotatable bonds is 3. The summed E-state index contributed by atoms with van der Waals surface area (Å²) in [6, 6.07) is 0.642. The molecule has 0 N–H and O–H groups in total. The van der Waals surface area contributed by atoms with E-state index in [1.165, 1.54) is 0 Å². The van der Waals surface area contributed by atoms with Crippen molar-refractivity contribution >= 4 is 21.6 Å². The van der Waals surface area contributed by atoms with Crippen molar-refractivity contribution in [2.45, 2.75) is 11.7 Å². The number of alkyl halides is 4. The van der Waals surface area contributed by atoms with E-state index in [-0.39, 0.29) is 11.0 Å². The molecule has 0 unspecified atom stereocenters. The van der Waals surface area contributed by atoms with Gasteiger partial charge in [-0.2, -0.15) is 4.39 Å². The van der Waals surface area contributed by atoms with Gasteiger partial charge in [0.25, 0.3) is 5.95 Å². The van der Waals surface area contributed by atoms with Gasteiger partial charge in [0.2, 0.25) is 5.75 Å². The zero-order chi connectivity index (χ0) is 13.2. The number of aromatic nitrogens is 1. The summed E-state index contributed by atoms with van der Waals surface area (Å²) >= 11 is 2.83. The third kappa shape index (κ3) is 3.51. The van der Waals surface area contributed by atoms with Gasteiger partial charge < -0.3 is 4.74 Å². The van der Waals surface area contributed by atoms with Crippen LogP contribution in [0.15, 0.2) is 6.07 Å². The van der Waals surface area contributed by atoms with Crippen LogP contribution in [0.4, 0.5) is 23.2 Å². The summed E-state index contributed by atoms with van der Waals surface area (Å²) in [6.45, 7) is 0. The molecule has 0 bridgehead atoms. The Morgan fingerprint density at radius 1 is 1.53 bits per heavy atom. The van der Waals surface area contributed by atoms with Crippen LogP contribution in [0.25, 0.3) is 0 Å². The normalized spacial score (nSPS) is 11.4. The molecule has 0 saturated carbocycles. The predicted octanol–water partition coefficient (Wildman–Crippen LogP) is 2.92. The van der Waals surface area contributed by atoms with Gasteiger partial charge in [-0.15, -0.1) is 13.2 Å². The first-order chi connectivity index (χ1) is 7.74. The average Bonchev–Trinajstić information content (AvgIpc) is 2.13. The lowest BCUT2D eigenvalue weighted by Crippen LogP contribution is -2.18. The Morgan fingerprint density at radius 3 is 2.53 bits per heavy atom. The van der Waals surface area contributed by atoms with Crippen molar-refractivity contribution in [3.8, 4) is 5.75 Å². The molecule has 1 aromatic rings. The van der Waals surface area contributed by atoms with Crippen molar-refractivity contribution in [3.05, 3.63) is 27.8 Å². The fourth-order valence-electron chi connectivity index (χ4n) is 0.969. The van der Waals surface area contributed by atoms with Gasteiger partial charge >= 0.3 is 12.0 Å². The molecule has 17 heavy (non-hydrogen) atoms. The standard InChI is InChI=1S/C7H3BrF4N2O3/c8-2-3-1-4(17-7(10,11)12)5(14(15)16)6(9)13-3/h1H,2H2. The van der Waals surface area contributed by atoms with Gasteiger partial charge in [0, 0.05) is 11.4 Å². The maximum atomic E-state index is 13.1. The van der Waals surface area contributed by atoms with Crippen LogP contribution in [0.3, 0.4) is 0 Å². The zero-order valence-electron chi connectivity index (χ0n) is 7.79. The predicted molar refractivity (Wildman–Crippen MR) is 50.2 cm³/mol. The van der Waals surface area contributed by atoms with Crippen molar-refractivity contribution < 1.29 is 27.2 Å². The molecule has 0 saturated heterocycles. The molecule has 0 radical (unpaired) electrons. The smallest absolute Gasteiger partial charge is 0.398 e. The van der Waals surface area contributed by atoms with Crippen LogP contribution in [-0.4, -0.2) is 16.3 Å². The Hall–Kier alpha value is -1.45. The second-order valence-electron chi connectivity index (χ2n) is 2.69. The lowest BCUT2D eigenvalue weighted by Gasteiger charge is -2.09. The van der Waals surface area contributed by atoms with Gasteiger partial charge in [0.15, 0.2) is 0 Å². The highest BCUT2D eigenvalue weighted by Crippen LogP contribution is 2.34. The summed E-state index contributed by atoms with van der Waals surface area (Å²) in [5.41, 5.74) is -1.61. The first-order valence-electron chi connectivity index (χ1n) is 3.90. The van der Waals surface area contributed by atoms with E-state index in [1.807, 2.05) is 0 Å². The molecule has 0 fully saturated rings. The topological polar surface area (TPSA) is 65.3 Å². The van der Waals surface area contributed by atoms with Crippen LogP contribution in [0, 0.1) is 16.1 Å². The molecule has 0 aliphatic heterocycles. The SMILES string of the molecule is O=[N+]([O-])c1c(OC(F)(F)F)cc(CBr)nc1F. The summed E-state index contributed by atoms with van der Waals surface area (Å²) in [5.74, 6) is -2.87. The van der Waals surface area contributed by atoms with Crippen molar-refractivity contribution in [1.29, 1.82) is 0 Å². The monoisotopic (exact) mass is 318 g/mol. The minimum atomic E-state index is -5.15. The molecule has 5 nitrogen and oxygen atoms in total. The Labute approximate surface area is 99.7 Å². The van der Waals surface area contributed by atoms with Gasteiger partial charge in [-0.1, -0.05) is 15.9 Å². The Bertz CT molecular complexity index is 451. The first kappa shape index (κ1) is 13.6. The van der Waals surface area contributed by atoms with Gasteiger partial charge in [-0.3, -0.25) is 10.1 Å². The second kappa shape index (κ2) is 4.82. The molecule has 0 aromatic carbocycles. The molecule has 0 spiro atoms. The summed E-state index contributed by atoms with van der Waals surface area (Å²) in [7, 11) is 0. The largest absolute Gasteiger partial charge is 0.573 e. The maximum Gasteiger partial charge on any atom is 0.573 e. The third-order valence-electron chi connectivity index (χ3n) is 1.51. The number of nitrogens with zero attached hydrogens (tertiary/aromatic N) is 2. The van der Waals surface area contributed by atoms with Crippen molar-refractivity contribution in [1.82, 2.24) is 4.98 Å². The summed E-state index contributed by atoms with van der Waals surface area (Å²) in [6.07, 6.45) is -5.15. The molecular formula is C7H3BrF4N2O3. The molecule has 0 amide bonds.